The number of primary amides is 1. The quantitative estimate of drug-likeness (QED) is 0.779. The van der Waals surface area contributed by atoms with E-state index in [1.165, 1.54) is 32.1 Å². The SMILES string of the molecule is NC(=O)C1CNCCN1C1CCOC2(CCCCC2)C1. The van der Waals surface area contributed by atoms with Gasteiger partial charge in [-0.3, -0.25) is 9.69 Å². The van der Waals surface area contributed by atoms with Crippen molar-refractivity contribution in [3.8, 4) is 0 Å². The van der Waals surface area contributed by atoms with Gasteiger partial charge in [0, 0.05) is 32.3 Å². The summed E-state index contributed by atoms with van der Waals surface area (Å²) in [7, 11) is 0. The van der Waals surface area contributed by atoms with E-state index in [4.69, 9.17) is 10.5 Å². The summed E-state index contributed by atoms with van der Waals surface area (Å²) in [5.41, 5.74) is 5.67. The second-order valence-electron chi connectivity index (χ2n) is 6.60. The van der Waals surface area contributed by atoms with Crippen molar-refractivity contribution < 1.29 is 9.53 Å². The van der Waals surface area contributed by atoms with Crippen molar-refractivity contribution in [2.45, 2.75) is 62.6 Å². The van der Waals surface area contributed by atoms with Crippen LogP contribution in [0.4, 0.5) is 0 Å². The van der Waals surface area contributed by atoms with Crippen molar-refractivity contribution in [1.82, 2.24) is 10.2 Å². The molecule has 0 aromatic carbocycles. The fraction of sp³-hybridized carbons (Fsp3) is 0.933. The van der Waals surface area contributed by atoms with Crippen LogP contribution in [0.25, 0.3) is 0 Å². The lowest BCUT2D eigenvalue weighted by molar-refractivity contribution is -0.140. The Morgan fingerprint density at radius 1 is 1.30 bits per heavy atom. The smallest absolute Gasteiger partial charge is 0.236 e. The standard InChI is InChI=1S/C15H27N3O2/c16-14(19)13-11-17-7-8-18(13)12-4-9-20-15(10-12)5-2-1-3-6-15/h12-13,17H,1-11H2,(H2,16,19). The summed E-state index contributed by atoms with van der Waals surface area (Å²) in [5.74, 6) is -0.193. The molecule has 5 heteroatoms. The van der Waals surface area contributed by atoms with Crippen molar-refractivity contribution in [3.63, 3.8) is 0 Å². The highest BCUT2D eigenvalue weighted by atomic mass is 16.5. The molecule has 0 aromatic rings. The van der Waals surface area contributed by atoms with E-state index >= 15 is 0 Å². The number of piperazine rings is 1. The second-order valence-corrected chi connectivity index (χ2v) is 6.60. The van der Waals surface area contributed by atoms with Crippen LogP contribution in [0.2, 0.25) is 0 Å². The molecular weight excluding hydrogens is 254 g/mol. The first-order valence-corrected chi connectivity index (χ1v) is 8.10. The molecule has 2 aliphatic heterocycles. The maximum absolute atomic E-state index is 11.7. The fourth-order valence-electron chi connectivity index (χ4n) is 4.25. The number of hydrogen-bond donors (Lipinski definition) is 2. The Labute approximate surface area is 121 Å². The predicted octanol–water partition coefficient (Wildman–Crippen LogP) is 0.627. The lowest BCUT2D eigenvalue weighted by atomic mass is 9.77. The molecule has 3 N–H and O–H groups in total. The Hall–Kier alpha value is -0.650. The zero-order chi connectivity index (χ0) is 14.0. The molecule has 20 heavy (non-hydrogen) atoms. The van der Waals surface area contributed by atoms with Crippen molar-refractivity contribution in [3.05, 3.63) is 0 Å². The van der Waals surface area contributed by atoms with E-state index in [0.717, 1.165) is 32.5 Å². The van der Waals surface area contributed by atoms with Crippen LogP contribution in [0, 0.1) is 0 Å². The number of amides is 1. The molecule has 0 radical (unpaired) electrons. The van der Waals surface area contributed by atoms with Crippen LogP contribution in [-0.2, 0) is 9.53 Å². The van der Waals surface area contributed by atoms with Gasteiger partial charge in [-0.25, -0.2) is 0 Å². The summed E-state index contributed by atoms with van der Waals surface area (Å²) in [5, 5.41) is 3.28. The normalized spacial score (nSPS) is 35.0. The number of nitrogens with one attached hydrogen (secondary N) is 1. The highest BCUT2D eigenvalue weighted by Crippen LogP contribution is 2.40. The van der Waals surface area contributed by atoms with E-state index in [-0.39, 0.29) is 17.6 Å². The van der Waals surface area contributed by atoms with Crippen molar-refractivity contribution >= 4 is 5.91 Å². The van der Waals surface area contributed by atoms with Crippen LogP contribution < -0.4 is 11.1 Å². The van der Waals surface area contributed by atoms with Crippen molar-refractivity contribution in [2.24, 2.45) is 5.73 Å². The molecule has 0 bridgehead atoms. The fourth-order valence-corrected chi connectivity index (χ4v) is 4.25. The minimum atomic E-state index is -0.193. The summed E-state index contributed by atoms with van der Waals surface area (Å²) in [6.45, 7) is 3.41. The Morgan fingerprint density at radius 2 is 2.10 bits per heavy atom. The van der Waals surface area contributed by atoms with Gasteiger partial charge in [-0.2, -0.15) is 0 Å². The average molecular weight is 281 g/mol. The number of carbonyl (C=O) groups excluding carboxylic acids is 1. The van der Waals surface area contributed by atoms with Crippen molar-refractivity contribution in [1.29, 1.82) is 0 Å². The predicted molar refractivity (Wildman–Crippen MR) is 77.3 cm³/mol. The third-order valence-electron chi connectivity index (χ3n) is 5.31. The molecular formula is C15H27N3O2. The Balaban J connectivity index is 1.70. The Kier molecular flexibility index (Phi) is 4.29. The second kappa shape index (κ2) is 6.00. The van der Waals surface area contributed by atoms with Gasteiger partial charge in [-0.1, -0.05) is 19.3 Å². The van der Waals surface area contributed by atoms with Gasteiger partial charge in [-0.15, -0.1) is 0 Å². The first kappa shape index (κ1) is 14.3. The van der Waals surface area contributed by atoms with Gasteiger partial charge in [0.25, 0.3) is 0 Å². The molecule has 1 spiro atoms. The molecule has 1 saturated carbocycles. The van der Waals surface area contributed by atoms with E-state index in [1.807, 2.05) is 0 Å². The zero-order valence-corrected chi connectivity index (χ0v) is 12.3. The molecule has 3 rings (SSSR count). The van der Waals surface area contributed by atoms with Crippen molar-refractivity contribution in [2.75, 3.05) is 26.2 Å². The highest BCUT2D eigenvalue weighted by Gasteiger charge is 2.42. The number of ether oxygens (including phenoxy) is 1. The van der Waals surface area contributed by atoms with Crippen LogP contribution in [0.5, 0.6) is 0 Å². The molecule has 2 atom stereocenters. The van der Waals surface area contributed by atoms with Crippen LogP contribution in [0.15, 0.2) is 0 Å². The van der Waals surface area contributed by atoms with Gasteiger partial charge in [0.15, 0.2) is 0 Å². The lowest BCUT2D eigenvalue weighted by Crippen LogP contribution is -2.62. The van der Waals surface area contributed by atoms with E-state index in [0.29, 0.717) is 12.6 Å². The van der Waals surface area contributed by atoms with E-state index in [2.05, 4.69) is 10.2 Å². The number of nitrogens with two attached hydrogens (primary N) is 1. The minimum absolute atomic E-state index is 0.0915. The number of rotatable bonds is 2. The molecule has 2 saturated heterocycles. The number of hydrogen-bond acceptors (Lipinski definition) is 4. The maximum atomic E-state index is 11.7. The molecule has 1 amide bonds. The van der Waals surface area contributed by atoms with Crippen LogP contribution in [0.3, 0.4) is 0 Å². The minimum Gasteiger partial charge on any atom is -0.375 e. The van der Waals surface area contributed by atoms with Crippen LogP contribution >= 0.6 is 0 Å². The van der Waals surface area contributed by atoms with Gasteiger partial charge in [0.2, 0.25) is 5.91 Å². The lowest BCUT2D eigenvalue weighted by Gasteiger charge is -2.49. The maximum Gasteiger partial charge on any atom is 0.236 e. The van der Waals surface area contributed by atoms with E-state index in [1.54, 1.807) is 0 Å². The summed E-state index contributed by atoms with van der Waals surface area (Å²) in [6.07, 6.45) is 8.41. The molecule has 3 aliphatic rings. The van der Waals surface area contributed by atoms with Crippen LogP contribution in [-0.4, -0.2) is 54.7 Å². The first-order chi connectivity index (χ1) is 9.70. The molecule has 5 nitrogen and oxygen atoms in total. The summed E-state index contributed by atoms with van der Waals surface area (Å²) in [6, 6.07) is 0.314. The average Bonchev–Trinajstić information content (AvgIpc) is 2.48. The third kappa shape index (κ3) is 2.85. The third-order valence-corrected chi connectivity index (χ3v) is 5.31. The Morgan fingerprint density at radius 3 is 2.85 bits per heavy atom. The van der Waals surface area contributed by atoms with Gasteiger partial charge in [0.1, 0.15) is 6.04 Å². The molecule has 114 valence electrons. The molecule has 2 heterocycles. The highest BCUT2D eigenvalue weighted by molar-refractivity contribution is 5.80. The van der Waals surface area contributed by atoms with Gasteiger partial charge in [-0.05, 0) is 25.7 Å². The number of nitrogens with zero attached hydrogens (tertiary/aromatic N) is 1. The van der Waals surface area contributed by atoms with Gasteiger partial charge >= 0.3 is 0 Å². The molecule has 3 fully saturated rings. The summed E-state index contributed by atoms with van der Waals surface area (Å²) < 4.78 is 6.16. The summed E-state index contributed by atoms with van der Waals surface area (Å²) >= 11 is 0. The largest absolute Gasteiger partial charge is 0.375 e. The van der Waals surface area contributed by atoms with E-state index in [9.17, 15) is 4.79 Å². The first-order valence-electron chi connectivity index (χ1n) is 8.10. The summed E-state index contributed by atoms with van der Waals surface area (Å²) in [4.78, 5) is 14.0. The van der Waals surface area contributed by atoms with Gasteiger partial charge < -0.3 is 15.8 Å². The molecule has 0 aromatic heterocycles. The monoisotopic (exact) mass is 281 g/mol. The molecule has 1 aliphatic carbocycles. The molecule has 2 unspecified atom stereocenters. The number of carbonyl (C=O) groups is 1. The topological polar surface area (TPSA) is 67.6 Å². The zero-order valence-electron chi connectivity index (χ0n) is 12.3. The van der Waals surface area contributed by atoms with Crippen LogP contribution in [0.1, 0.15) is 44.9 Å². The Bertz CT molecular complexity index is 350. The van der Waals surface area contributed by atoms with E-state index < -0.39 is 0 Å². The van der Waals surface area contributed by atoms with Gasteiger partial charge in [0.05, 0.1) is 5.60 Å².